The van der Waals surface area contributed by atoms with E-state index in [1.54, 1.807) is 0 Å². The van der Waals surface area contributed by atoms with Gasteiger partial charge in [-0.2, -0.15) is 0 Å². The lowest BCUT2D eigenvalue weighted by molar-refractivity contribution is 0.550. The van der Waals surface area contributed by atoms with Crippen LogP contribution in [-0.4, -0.2) is 11.5 Å². The first-order chi connectivity index (χ1) is 7.75. The minimum atomic E-state index is 0.717. The number of nitrogens with zero attached hydrogens (tertiary/aromatic N) is 1. The molecule has 0 bridgehead atoms. The molecule has 0 aromatic carbocycles. The maximum Gasteiger partial charge on any atom is 0.107 e. The Bertz CT molecular complexity index is 313. The molecule has 1 saturated carbocycles. The smallest absolute Gasteiger partial charge is 0.107 e. The molecular formula is C13H22N2S. The predicted octanol–water partition coefficient (Wildman–Crippen LogP) is 3.55. The Hall–Kier alpha value is -0.410. The Morgan fingerprint density at radius 1 is 1.44 bits per heavy atom. The van der Waals surface area contributed by atoms with Crippen molar-refractivity contribution in [2.24, 2.45) is 5.92 Å². The average Bonchev–Trinajstić information content (AvgIpc) is 2.85. The average molecular weight is 238 g/mol. The Balaban J connectivity index is 1.82. The third-order valence-corrected chi connectivity index (χ3v) is 4.04. The third kappa shape index (κ3) is 3.29. The van der Waals surface area contributed by atoms with E-state index in [4.69, 9.17) is 4.98 Å². The first-order valence-electron chi connectivity index (χ1n) is 6.40. The molecule has 0 aliphatic heterocycles. The van der Waals surface area contributed by atoms with E-state index in [2.05, 4.69) is 24.5 Å². The number of hydrogen-bond donors (Lipinski definition) is 1. The first-order valence-corrected chi connectivity index (χ1v) is 7.28. The van der Waals surface area contributed by atoms with E-state index >= 15 is 0 Å². The topological polar surface area (TPSA) is 24.9 Å². The van der Waals surface area contributed by atoms with Crippen molar-refractivity contribution in [2.45, 2.75) is 52.0 Å². The quantitative estimate of drug-likeness (QED) is 0.848. The first kappa shape index (κ1) is 12.1. The molecule has 1 aromatic rings. The Morgan fingerprint density at radius 2 is 2.19 bits per heavy atom. The van der Waals surface area contributed by atoms with Gasteiger partial charge in [0.1, 0.15) is 5.01 Å². The molecule has 0 spiro atoms. The number of rotatable bonds is 5. The fourth-order valence-electron chi connectivity index (χ4n) is 2.28. The van der Waals surface area contributed by atoms with Crippen molar-refractivity contribution in [1.82, 2.24) is 10.3 Å². The summed E-state index contributed by atoms with van der Waals surface area (Å²) < 4.78 is 0. The van der Waals surface area contributed by atoms with E-state index < -0.39 is 0 Å². The highest BCUT2D eigenvalue weighted by Gasteiger charge is 2.19. The van der Waals surface area contributed by atoms with E-state index in [1.807, 2.05) is 11.3 Å². The van der Waals surface area contributed by atoms with Crippen molar-refractivity contribution < 1.29 is 0 Å². The number of hydrogen-bond acceptors (Lipinski definition) is 3. The standard InChI is InChI=1S/C13H22N2S/c1-10(2)7-14-8-13-15-12(9-16-13)11-5-3-4-6-11/h9-11,14H,3-8H2,1-2H3. The third-order valence-electron chi connectivity index (χ3n) is 3.17. The van der Waals surface area contributed by atoms with Crippen LogP contribution in [0.25, 0.3) is 0 Å². The summed E-state index contributed by atoms with van der Waals surface area (Å²) in [6.07, 6.45) is 5.48. The van der Waals surface area contributed by atoms with E-state index in [0.29, 0.717) is 5.92 Å². The molecule has 0 unspecified atom stereocenters. The molecule has 90 valence electrons. The van der Waals surface area contributed by atoms with Gasteiger partial charge in [-0.25, -0.2) is 4.98 Å². The summed E-state index contributed by atoms with van der Waals surface area (Å²) in [5, 5.41) is 6.97. The van der Waals surface area contributed by atoms with Crippen LogP contribution in [0.15, 0.2) is 5.38 Å². The molecule has 1 aromatic heterocycles. The summed E-state index contributed by atoms with van der Waals surface area (Å²) in [6.45, 7) is 6.49. The van der Waals surface area contributed by atoms with Crippen molar-refractivity contribution in [3.8, 4) is 0 Å². The summed E-state index contributed by atoms with van der Waals surface area (Å²) in [6, 6.07) is 0. The van der Waals surface area contributed by atoms with Crippen molar-refractivity contribution in [3.05, 3.63) is 16.1 Å². The van der Waals surface area contributed by atoms with Gasteiger partial charge in [0.25, 0.3) is 0 Å². The van der Waals surface area contributed by atoms with Crippen LogP contribution >= 0.6 is 11.3 Å². The fraction of sp³-hybridized carbons (Fsp3) is 0.769. The van der Waals surface area contributed by atoms with Gasteiger partial charge in [0.15, 0.2) is 0 Å². The predicted molar refractivity (Wildman–Crippen MR) is 69.9 cm³/mol. The summed E-state index contributed by atoms with van der Waals surface area (Å²) in [7, 11) is 0. The Morgan fingerprint density at radius 3 is 2.88 bits per heavy atom. The van der Waals surface area contributed by atoms with Gasteiger partial charge < -0.3 is 5.32 Å². The van der Waals surface area contributed by atoms with Crippen molar-refractivity contribution in [3.63, 3.8) is 0 Å². The lowest BCUT2D eigenvalue weighted by Crippen LogP contribution is -2.18. The highest BCUT2D eigenvalue weighted by Crippen LogP contribution is 2.34. The molecule has 16 heavy (non-hydrogen) atoms. The van der Waals surface area contributed by atoms with Gasteiger partial charge in [-0.1, -0.05) is 26.7 Å². The lowest BCUT2D eigenvalue weighted by Gasteiger charge is -2.05. The zero-order chi connectivity index (χ0) is 11.4. The number of nitrogens with one attached hydrogen (secondary N) is 1. The van der Waals surface area contributed by atoms with E-state index in [0.717, 1.165) is 19.0 Å². The van der Waals surface area contributed by atoms with Crippen LogP contribution in [0.2, 0.25) is 0 Å². The maximum absolute atomic E-state index is 4.75. The molecule has 3 heteroatoms. The van der Waals surface area contributed by atoms with Crippen LogP contribution in [0.1, 0.15) is 56.2 Å². The molecule has 1 heterocycles. The molecular weight excluding hydrogens is 216 g/mol. The second kappa shape index (κ2) is 5.78. The molecule has 1 N–H and O–H groups in total. The molecule has 0 radical (unpaired) electrons. The molecule has 1 aliphatic rings. The molecule has 0 amide bonds. The van der Waals surface area contributed by atoms with Crippen LogP contribution in [0.5, 0.6) is 0 Å². The fourth-order valence-corrected chi connectivity index (χ4v) is 3.13. The van der Waals surface area contributed by atoms with Gasteiger partial charge in [0.05, 0.1) is 5.69 Å². The monoisotopic (exact) mass is 238 g/mol. The SMILES string of the molecule is CC(C)CNCc1nc(C2CCCC2)cs1. The lowest BCUT2D eigenvalue weighted by atomic mass is 10.1. The van der Waals surface area contributed by atoms with Crippen molar-refractivity contribution in [1.29, 1.82) is 0 Å². The van der Waals surface area contributed by atoms with Crippen molar-refractivity contribution >= 4 is 11.3 Å². The Kier molecular flexibility index (Phi) is 4.36. The van der Waals surface area contributed by atoms with Gasteiger partial charge in [-0.15, -0.1) is 11.3 Å². The zero-order valence-corrected chi connectivity index (χ0v) is 11.1. The van der Waals surface area contributed by atoms with Crippen LogP contribution in [0.3, 0.4) is 0 Å². The van der Waals surface area contributed by atoms with E-state index in [1.165, 1.54) is 36.4 Å². The molecule has 2 nitrogen and oxygen atoms in total. The van der Waals surface area contributed by atoms with Gasteiger partial charge in [-0.05, 0) is 25.3 Å². The minimum absolute atomic E-state index is 0.717. The van der Waals surface area contributed by atoms with Crippen LogP contribution < -0.4 is 5.32 Å². The van der Waals surface area contributed by atoms with Gasteiger partial charge >= 0.3 is 0 Å². The van der Waals surface area contributed by atoms with Crippen LogP contribution in [-0.2, 0) is 6.54 Å². The number of aromatic nitrogens is 1. The molecule has 1 aliphatic carbocycles. The molecule has 0 atom stereocenters. The zero-order valence-electron chi connectivity index (χ0n) is 10.3. The maximum atomic E-state index is 4.75. The van der Waals surface area contributed by atoms with Gasteiger partial charge in [0.2, 0.25) is 0 Å². The van der Waals surface area contributed by atoms with Gasteiger partial charge in [-0.3, -0.25) is 0 Å². The molecule has 2 rings (SSSR count). The van der Waals surface area contributed by atoms with E-state index in [9.17, 15) is 0 Å². The number of thiazole rings is 1. The normalized spacial score (nSPS) is 17.4. The summed E-state index contributed by atoms with van der Waals surface area (Å²) in [4.78, 5) is 4.75. The summed E-state index contributed by atoms with van der Waals surface area (Å²) >= 11 is 1.81. The largest absolute Gasteiger partial charge is 0.310 e. The minimum Gasteiger partial charge on any atom is -0.310 e. The van der Waals surface area contributed by atoms with Gasteiger partial charge in [0, 0.05) is 17.8 Å². The Labute approximate surface area is 102 Å². The second-order valence-corrected chi connectivity index (χ2v) is 6.11. The highest BCUT2D eigenvalue weighted by molar-refractivity contribution is 7.09. The summed E-state index contributed by atoms with van der Waals surface area (Å²) in [5.74, 6) is 1.48. The van der Waals surface area contributed by atoms with Crippen LogP contribution in [0.4, 0.5) is 0 Å². The molecule has 1 fully saturated rings. The second-order valence-electron chi connectivity index (χ2n) is 5.17. The highest BCUT2D eigenvalue weighted by atomic mass is 32.1. The van der Waals surface area contributed by atoms with Crippen LogP contribution in [0, 0.1) is 5.92 Å². The summed E-state index contributed by atoms with van der Waals surface area (Å²) in [5.41, 5.74) is 1.35. The van der Waals surface area contributed by atoms with E-state index in [-0.39, 0.29) is 0 Å². The molecule has 0 saturated heterocycles. The van der Waals surface area contributed by atoms with Crippen molar-refractivity contribution in [2.75, 3.05) is 6.54 Å².